The summed E-state index contributed by atoms with van der Waals surface area (Å²) in [6.07, 6.45) is 4.42. The van der Waals surface area contributed by atoms with Gasteiger partial charge in [-0.25, -0.2) is 0 Å². The Bertz CT molecular complexity index is 143. The predicted molar refractivity (Wildman–Crippen MR) is 48.9 cm³/mol. The molecule has 12 heavy (non-hydrogen) atoms. The molecule has 1 saturated carbocycles. The van der Waals surface area contributed by atoms with Crippen LogP contribution in [0.1, 0.15) is 46.0 Å². The number of hydrogen-bond donors (Lipinski definition) is 2. The van der Waals surface area contributed by atoms with Gasteiger partial charge >= 0.3 is 0 Å². The Hall–Kier alpha value is -0.0800. The van der Waals surface area contributed by atoms with Crippen molar-refractivity contribution in [2.24, 2.45) is 5.92 Å². The highest BCUT2D eigenvalue weighted by Gasteiger charge is 2.37. The molecule has 2 heteroatoms. The van der Waals surface area contributed by atoms with Gasteiger partial charge in [0.15, 0.2) is 0 Å². The largest absolute Gasteiger partial charge is 0.393 e. The van der Waals surface area contributed by atoms with Crippen molar-refractivity contribution in [3.63, 3.8) is 0 Å². The van der Waals surface area contributed by atoms with Crippen molar-refractivity contribution in [1.82, 2.24) is 0 Å². The zero-order chi connectivity index (χ0) is 9.19. The second-order valence-corrected chi connectivity index (χ2v) is 4.24. The van der Waals surface area contributed by atoms with Crippen molar-refractivity contribution in [2.45, 2.75) is 57.7 Å². The van der Waals surface area contributed by atoms with Crippen LogP contribution in [0, 0.1) is 5.92 Å². The Morgan fingerprint density at radius 3 is 2.67 bits per heavy atom. The molecule has 0 aromatic heterocycles. The van der Waals surface area contributed by atoms with Crippen molar-refractivity contribution in [3.8, 4) is 0 Å². The van der Waals surface area contributed by atoms with E-state index in [1.54, 1.807) is 0 Å². The fourth-order valence-electron chi connectivity index (χ4n) is 2.09. The maximum absolute atomic E-state index is 9.89. The first-order chi connectivity index (χ1) is 5.56. The van der Waals surface area contributed by atoms with Gasteiger partial charge in [0.1, 0.15) is 0 Å². The lowest BCUT2D eigenvalue weighted by Gasteiger charge is -2.27. The van der Waals surface area contributed by atoms with E-state index in [1.165, 1.54) is 0 Å². The lowest BCUT2D eigenvalue weighted by atomic mass is 9.87. The Kier molecular flexibility index (Phi) is 3.13. The van der Waals surface area contributed by atoms with E-state index in [1.807, 2.05) is 13.8 Å². The number of aliphatic hydroxyl groups excluding tert-OH is 1. The van der Waals surface area contributed by atoms with Crippen LogP contribution in [-0.2, 0) is 0 Å². The molecule has 0 amide bonds. The molecule has 3 unspecified atom stereocenters. The summed E-state index contributed by atoms with van der Waals surface area (Å²) in [5.74, 6) is 0.312. The van der Waals surface area contributed by atoms with Crippen LogP contribution in [0.15, 0.2) is 0 Å². The van der Waals surface area contributed by atoms with Gasteiger partial charge in [-0.05, 0) is 38.5 Å². The monoisotopic (exact) mass is 172 g/mol. The third-order valence-electron chi connectivity index (χ3n) is 3.14. The van der Waals surface area contributed by atoms with E-state index in [9.17, 15) is 10.2 Å². The number of hydrogen-bond acceptors (Lipinski definition) is 2. The summed E-state index contributed by atoms with van der Waals surface area (Å²) in [6, 6.07) is 0. The first kappa shape index (κ1) is 10.0. The molecule has 0 spiro atoms. The molecule has 1 aliphatic rings. The topological polar surface area (TPSA) is 40.5 Å². The average molecular weight is 172 g/mol. The van der Waals surface area contributed by atoms with Gasteiger partial charge < -0.3 is 10.2 Å². The highest BCUT2D eigenvalue weighted by Crippen LogP contribution is 2.38. The van der Waals surface area contributed by atoms with Crippen LogP contribution < -0.4 is 0 Å². The molecule has 72 valence electrons. The maximum atomic E-state index is 9.89. The smallest absolute Gasteiger partial charge is 0.0648 e. The van der Waals surface area contributed by atoms with Crippen molar-refractivity contribution < 1.29 is 10.2 Å². The summed E-state index contributed by atoms with van der Waals surface area (Å²) in [5, 5.41) is 19.3. The van der Waals surface area contributed by atoms with Crippen LogP contribution in [0.4, 0.5) is 0 Å². The minimum absolute atomic E-state index is 0.223. The van der Waals surface area contributed by atoms with Crippen LogP contribution in [-0.4, -0.2) is 21.9 Å². The molecule has 0 aromatic rings. The van der Waals surface area contributed by atoms with Gasteiger partial charge in [-0.2, -0.15) is 0 Å². The van der Waals surface area contributed by atoms with E-state index in [2.05, 4.69) is 0 Å². The quantitative estimate of drug-likeness (QED) is 0.680. The van der Waals surface area contributed by atoms with Gasteiger partial charge in [-0.15, -0.1) is 0 Å². The van der Waals surface area contributed by atoms with Gasteiger partial charge in [-0.3, -0.25) is 0 Å². The zero-order valence-electron chi connectivity index (χ0n) is 8.08. The van der Waals surface area contributed by atoms with Crippen molar-refractivity contribution in [1.29, 1.82) is 0 Å². The van der Waals surface area contributed by atoms with E-state index >= 15 is 0 Å². The highest BCUT2D eigenvalue weighted by atomic mass is 16.3. The van der Waals surface area contributed by atoms with E-state index in [0.29, 0.717) is 5.92 Å². The van der Waals surface area contributed by atoms with Crippen LogP contribution in [0.25, 0.3) is 0 Å². The lowest BCUT2D eigenvalue weighted by Crippen LogP contribution is -2.31. The molecule has 0 aromatic carbocycles. The molecular weight excluding hydrogens is 152 g/mol. The van der Waals surface area contributed by atoms with Crippen molar-refractivity contribution in [3.05, 3.63) is 0 Å². The first-order valence-corrected chi connectivity index (χ1v) is 4.96. The normalized spacial score (nSPS) is 38.5. The molecule has 1 fully saturated rings. The molecule has 2 nitrogen and oxygen atoms in total. The standard InChI is InChI=1S/C10H20O2/c1-3-9(11)7-8-5-4-6-10(8,2)12/h8-9,11-12H,3-7H2,1-2H3. The van der Waals surface area contributed by atoms with Crippen molar-refractivity contribution >= 4 is 0 Å². The van der Waals surface area contributed by atoms with Gasteiger partial charge in [0.05, 0.1) is 11.7 Å². The number of rotatable bonds is 3. The van der Waals surface area contributed by atoms with E-state index < -0.39 is 5.60 Å². The average Bonchev–Trinajstić information content (AvgIpc) is 2.31. The molecule has 0 bridgehead atoms. The first-order valence-electron chi connectivity index (χ1n) is 4.96. The molecule has 0 radical (unpaired) electrons. The van der Waals surface area contributed by atoms with Crippen LogP contribution in [0.2, 0.25) is 0 Å². The second-order valence-electron chi connectivity index (χ2n) is 4.24. The Morgan fingerprint density at radius 1 is 1.58 bits per heavy atom. The van der Waals surface area contributed by atoms with Gasteiger partial charge in [0.2, 0.25) is 0 Å². The van der Waals surface area contributed by atoms with E-state index in [0.717, 1.165) is 32.1 Å². The van der Waals surface area contributed by atoms with Crippen molar-refractivity contribution in [2.75, 3.05) is 0 Å². The third kappa shape index (κ3) is 2.20. The molecular formula is C10H20O2. The van der Waals surface area contributed by atoms with Gasteiger partial charge in [0, 0.05) is 0 Å². The van der Waals surface area contributed by atoms with Gasteiger partial charge in [-0.1, -0.05) is 13.3 Å². The summed E-state index contributed by atoms with van der Waals surface area (Å²) in [5.41, 5.74) is -0.518. The van der Waals surface area contributed by atoms with Crippen LogP contribution in [0.5, 0.6) is 0 Å². The summed E-state index contributed by atoms with van der Waals surface area (Å²) in [6.45, 7) is 3.88. The fraction of sp³-hybridized carbons (Fsp3) is 1.00. The fourth-order valence-corrected chi connectivity index (χ4v) is 2.09. The molecule has 0 saturated heterocycles. The van der Waals surface area contributed by atoms with Gasteiger partial charge in [0.25, 0.3) is 0 Å². The summed E-state index contributed by atoms with van der Waals surface area (Å²) >= 11 is 0. The third-order valence-corrected chi connectivity index (χ3v) is 3.14. The molecule has 0 aliphatic heterocycles. The van der Waals surface area contributed by atoms with Crippen LogP contribution in [0.3, 0.4) is 0 Å². The Morgan fingerprint density at radius 2 is 2.25 bits per heavy atom. The molecule has 0 heterocycles. The molecule has 1 aliphatic carbocycles. The minimum Gasteiger partial charge on any atom is -0.393 e. The summed E-state index contributed by atoms with van der Waals surface area (Å²) < 4.78 is 0. The van der Waals surface area contributed by atoms with E-state index in [4.69, 9.17) is 0 Å². The predicted octanol–water partition coefficient (Wildman–Crippen LogP) is 1.70. The second kappa shape index (κ2) is 3.75. The van der Waals surface area contributed by atoms with Crippen LogP contribution >= 0.6 is 0 Å². The Labute approximate surface area is 74.6 Å². The zero-order valence-corrected chi connectivity index (χ0v) is 8.08. The molecule has 2 N–H and O–H groups in total. The van der Waals surface area contributed by atoms with E-state index in [-0.39, 0.29) is 6.10 Å². The molecule has 3 atom stereocenters. The minimum atomic E-state index is -0.518. The maximum Gasteiger partial charge on any atom is 0.0648 e. The number of aliphatic hydroxyl groups is 2. The SMILES string of the molecule is CCC(O)CC1CCCC1(C)O. The molecule has 1 rings (SSSR count). The summed E-state index contributed by atoms with van der Waals surface area (Å²) in [7, 11) is 0. The Balaban J connectivity index is 2.41. The highest BCUT2D eigenvalue weighted by molar-refractivity contribution is 4.89. The lowest BCUT2D eigenvalue weighted by molar-refractivity contribution is -0.00183. The summed E-state index contributed by atoms with van der Waals surface area (Å²) in [4.78, 5) is 0.